The van der Waals surface area contributed by atoms with Crippen molar-refractivity contribution in [2.75, 3.05) is 19.8 Å². The number of hydrogen-bond donors (Lipinski definition) is 2. The first-order chi connectivity index (χ1) is 8.66. The van der Waals surface area contributed by atoms with Gasteiger partial charge in [-0.05, 0) is 38.3 Å². The molecule has 0 radical (unpaired) electrons. The van der Waals surface area contributed by atoms with E-state index in [1.807, 2.05) is 0 Å². The molecule has 1 aromatic heterocycles. The summed E-state index contributed by atoms with van der Waals surface area (Å²) in [6.07, 6.45) is 2.18. The number of rotatable bonds is 5. The Bertz CT molecular complexity index is 407. The Morgan fingerprint density at radius 3 is 2.83 bits per heavy atom. The Morgan fingerprint density at radius 2 is 2.22 bits per heavy atom. The van der Waals surface area contributed by atoms with Gasteiger partial charge >= 0.3 is 5.97 Å². The SMILES string of the molecule is Cc1oc(CNCC2CCOCC2)cc1C(=O)O. The highest BCUT2D eigenvalue weighted by molar-refractivity contribution is 5.88. The Hall–Kier alpha value is -1.33. The molecule has 0 bridgehead atoms. The van der Waals surface area contributed by atoms with Crippen LogP contribution in [-0.4, -0.2) is 30.8 Å². The average Bonchev–Trinajstić information content (AvgIpc) is 2.72. The number of carbonyl (C=O) groups is 1. The quantitative estimate of drug-likeness (QED) is 0.837. The average molecular weight is 253 g/mol. The molecule has 2 heterocycles. The Morgan fingerprint density at radius 1 is 1.50 bits per heavy atom. The van der Waals surface area contributed by atoms with Crippen molar-refractivity contribution in [1.82, 2.24) is 5.32 Å². The lowest BCUT2D eigenvalue weighted by Gasteiger charge is -2.21. The topological polar surface area (TPSA) is 71.7 Å². The van der Waals surface area contributed by atoms with Crippen LogP contribution in [0.4, 0.5) is 0 Å². The third-order valence-corrected chi connectivity index (χ3v) is 3.27. The molecule has 0 spiro atoms. The summed E-state index contributed by atoms with van der Waals surface area (Å²) in [5, 5.41) is 12.2. The third-order valence-electron chi connectivity index (χ3n) is 3.27. The van der Waals surface area contributed by atoms with Crippen LogP contribution in [0.3, 0.4) is 0 Å². The highest BCUT2D eigenvalue weighted by atomic mass is 16.5. The number of aryl methyl sites for hydroxylation is 1. The molecular weight excluding hydrogens is 234 g/mol. The van der Waals surface area contributed by atoms with Gasteiger partial charge in [0, 0.05) is 13.2 Å². The smallest absolute Gasteiger partial charge is 0.339 e. The number of carboxylic acid groups (broad SMARTS) is 1. The lowest BCUT2D eigenvalue weighted by molar-refractivity contribution is 0.0661. The predicted molar refractivity (Wildman–Crippen MR) is 65.7 cm³/mol. The molecule has 18 heavy (non-hydrogen) atoms. The Labute approximate surface area is 106 Å². The van der Waals surface area contributed by atoms with Crippen LogP contribution in [0, 0.1) is 12.8 Å². The minimum atomic E-state index is -0.938. The van der Waals surface area contributed by atoms with Crippen LogP contribution in [0.5, 0.6) is 0 Å². The van der Waals surface area contributed by atoms with Gasteiger partial charge < -0.3 is 19.6 Å². The van der Waals surface area contributed by atoms with Gasteiger partial charge in [-0.2, -0.15) is 0 Å². The van der Waals surface area contributed by atoms with Gasteiger partial charge in [-0.25, -0.2) is 4.79 Å². The van der Waals surface area contributed by atoms with E-state index in [4.69, 9.17) is 14.3 Å². The van der Waals surface area contributed by atoms with Crippen LogP contribution < -0.4 is 5.32 Å². The van der Waals surface area contributed by atoms with Crippen LogP contribution >= 0.6 is 0 Å². The molecule has 2 rings (SSSR count). The van der Waals surface area contributed by atoms with Crippen LogP contribution in [0.15, 0.2) is 10.5 Å². The van der Waals surface area contributed by atoms with Gasteiger partial charge in [0.15, 0.2) is 0 Å². The molecule has 0 amide bonds. The van der Waals surface area contributed by atoms with E-state index < -0.39 is 5.97 Å². The molecule has 0 aliphatic carbocycles. The molecule has 100 valence electrons. The highest BCUT2D eigenvalue weighted by Gasteiger charge is 2.15. The zero-order valence-corrected chi connectivity index (χ0v) is 10.6. The van der Waals surface area contributed by atoms with Gasteiger partial charge in [-0.3, -0.25) is 0 Å². The first-order valence-corrected chi connectivity index (χ1v) is 6.28. The zero-order chi connectivity index (χ0) is 13.0. The minimum absolute atomic E-state index is 0.248. The molecule has 5 nitrogen and oxygen atoms in total. The van der Waals surface area contributed by atoms with Crippen molar-refractivity contribution in [3.05, 3.63) is 23.2 Å². The van der Waals surface area contributed by atoms with Crippen molar-refractivity contribution in [3.63, 3.8) is 0 Å². The Kier molecular flexibility index (Phi) is 4.38. The lowest BCUT2D eigenvalue weighted by atomic mass is 10.0. The number of nitrogens with one attached hydrogen (secondary N) is 1. The molecule has 0 atom stereocenters. The fourth-order valence-electron chi connectivity index (χ4n) is 2.19. The molecule has 0 aromatic carbocycles. The summed E-state index contributed by atoms with van der Waals surface area (Å²) in [5.41, 5.74) is 0.248. The van der Waals surface area contributed by atoms with Gasteiger partial charge in [0.1, 0.15) is 17.1 Å². The zero-order valence-electron chi connectivity index (χ0n) is 10.6. The maximum atomic E-state index is 10.9. The van der Waals surface area contributed by atoms with Gasteiger partial charge in [0.25, 0.3) is 0 Å². The first-order valence-electron chi connectivity index (χ1n) is 6.28. The maximum absolute atomic E-state index is 10.9. The molecule has 1 aliphatic rings. The summed E-state index contributed by atoms with van der Waals surface area (Å²) in [7, 11) is 0. The third kappa shape index (κ3) is 3.34. The standard InChI is InChI=1S/C13H19NO4/c1-9-12(13(15)16)6-11(18-9)8-14-7-10-2-4-17-5-3-10/h6,10,14H,2-5,7-8H2,1H3,(H,15,16). The van der Waals surface area contributed by atoms with Gasteiger partial charge in [0.05, 0.1) is 6.54 Å². The van der Waals surface area contributed by atoms with E-state index in [0.717, 1.165) is 32.6 Å². The molecular formula is C13H19NO4. The molecule has 5 heteroatoms. The fourth-order valence-corrected chi connectivity index (χ4v) is 2.19. The van der Waals surface area contributed by atoms with Gasteiger partial charge in [-0.1, -0.05) is 0 Å². The minimum Gasteiger partial charge on any atom is -0.478 e. The molecule has 1 aromatic rings. The number of furan rings is 1. The summed E-state index contributed by atoms with van der Waals surface area (Å²) in [6.45, 7) is 4.85. The maximum Gasteiger partial charge on any atom is 0.339 e. The van der Waals surface area contributed by atoms with Gasteiger partial charge in [0.2, 0.25) is 0 Å². The van der Waals surface area contributed by atoms with Crippen molar-refractivity contribution in [2.24, 2.45) is 5.92 Å². The second-order valence-electron chi connectivity index (χ2n) is 4.67. The van der Waals surface area contributed by atoms with Crippen molar-refractivity contribution < 1.29 is 19.1 Å². The van der Waals surface area contributed by atoms with Crippen molar-refractivity contribution in [3.8, 4) is 0 Å². The van der Waals surface area contributed by atoms with E-state index in [2.05, 4.69) is 5.32 Å². The van der Waals surface area contributed by atoms with E-state index in [1.165, 1.54) is 0 Å². The number of ether oxygens (including phenoxy) is 1. The summed E-state index contributed by atoms with van der Waals surface area (Å²) in [5.74, 6) is 0.850. The van der Waals surface area contributed by atoms with Crippen molar-refractivity contribution in [1.29, 1.82) is 0 Å². The van der Waals surface area contributed by atoms with Crippen molar-refractivity contribution in [2.45, 2.75) is 26.3 Å². The molecule has 0 unspecified atom stereocenters. The fraction of sp³-hybridized carbons (Fsp3) is 0.615. The molecule has 2 N–H and O–H groups in total. The number of aromatic carboxylic acids is 1. The highest BCUT2D eigenvalue weighted by Crippen LogP contribution is 2.16. The normalized spacial score (nSPS) is 16.9. The second-order valence-corrected chi connectivity index (χ2v) is 4.67. The first kappa shape index (κ1) is 13.1. The number of carboxylic acids is 1. The summed E-state index contributed by atoms with van der Waals surface area (Å²) in [4.78, 5) is 10.9. The van der Waals surface area contributed by atoms with E-state index in [0.29, 0.717) is 24.0 Å². The Balaban J connectivity index is 1.79. The largest absolute Gasteiger partial charge is 0.478 e. The monoisotopic (exact) mass is 253 g/mol. The lowest BCUT2D eigenvalue weighted by Crippen LogP contribution is -2.27. The molecule has 1 fully saturated rings. The van der Waals surface area contributed by atoms with Gasteiger partial charge in [-0.15, -0.1) is 0 Å². The molecule has 1 saturated heterocycles. The second kappa shape index (κ2) is 6.02. The van der Waals surface area contributed by atoms with Crippen molar-refractivity contribution >= 4 is 5.97 Å². The predicted octanol–water partition coefficient (Wildman–Crippen LogP) is 1.80. The van der Waals surface area contributed by atoms with E-state index in [-0.39, 0.29) is 5.56 Å². The summed E-state index contributed by atoms with van der Waals surface area (Å²) in [6, 6.07) is 1.59. The van der Waals surface area contributed by atoms with Crippen LogP contribution in [0.1, 0.15) is 34.7 Å². The van der Waals surface area contributed by atoms with E-state index in [1.54, 1.807) is 13.0 Å². The number of hydrogen-bond acceptors (Lipinski definition) is 4. The molecule has 1 aliphatic heterocycles. The van der Waals surface area contributed by atoms with E-state index >= 15 is 0 Å². The van der Waals surface area contributed by atoms with Crippen LogP contribution in [0.25, 0.3) is 0 Å². The molecule has 0 saturated carbocycles. The van der Waals surface area contributed by atoms with Crippen LogP contribution in [-0.2, 0) is 11.3 Å². The van der Waals surface area contributed by atoms with E-state index in [9.17, 15) is 4.79 Å². The summed E-state index contributed by atoms with van der Waals surface area (Å²) >= 11 is 0. The summed E-state index contributed by atoms with van der Waals surface area (Å²) < 4.78 is 10.7. The van der Waals surface area contributed by atoms with Crippen LogP contribution in [0.2, 0.25) is 0 Å².